The van der Waals surface area contributed by atoms with Crippen LogP contribution in [-0.2, 0) is 19.6 Å². The van der Waals surface area contributed by atoms with E-state index in [4.69, 9.17) is 0 Å². The third kappa shape index (κ3) is 9.08. The number of hydrogen-bond donors (Lipinski definition) is 2. The number of aliphatic hydroxyl groups excluding tert-OH is 1. The fraction of sp³-hybridized carbons (Fsp3) is 0.900. The molecular formula is C10H21NO5S. The van der Waals surface area contributed by atoms with Crippen LogP contribution in [0.15, 0.2) is 0 Å². The molecular weight excluding hydrogens is 246 g/mol. The van der Waals surface area contributed by atoms with E-state index in [1.807, 2.05) is 6.92 Å². The highest BCUT2D eigenvalue weighted by Gasteiger charge is 2.13. The minimum Gasteiger partial charge on any atom is -0.469 e. The van der Waals surface area contributed by atoms with Crippen molar-refractivity contribution in [1.82, 2.24) is 4.72 Å². The molecule has 0 rings (SSSR count). The number of esters is 1. The molecule has 0 radical (unpaired) electrons. The van der Waals surface area contributed by atoms with E-state index in [1.54, 1.807) is 0 Å². The van der Waals surface area contributed by atoms with Gasteiger partial charge in [-0.1, -0.05) is 13.3 Å². The fourth-order valence-electron chi connectivity index (χ4n) is 1.24. The first-order chi connectivity index (χ1) is 7.91. The summed E-state index contributed by atoms with van der Waals surface area (Å²) >= 11 is 0. The molecule has 6 nitrogen and oxygen atoms in total. The van der Waals surface area contributed by atoms with Gasteiger partial charge in [0.15, 0.2) is 0 Å². The van der Waals surface area contributed by atoms with Gasteiger partial charge < -0.3 is 9.84 Å². The van der Waals surface area contributed by atoms with Gasteiger partial charge in [-0.15, -0.1) is 0 Å². The second kappa shape index (κ2) is 8.43. The van der Waals surface area contributed by atoms with Crippen molar-refractivity contribution in [1.29, 1.82) is 0 Å². The lowest BCUT2D eigenvalue weighted by Gasteiger charge is -2.10. The van der Waals surface area contributed by atoms with Crippen LogP contribution in [0.25, 0.3) is 0 Å². The predicted octanol–water partition coefficient (Wildman–Crippen LogP) is 0.0200. The molecule has 2 N–H and O–H groups in total. The zero-order valence-electron chi connectivity index (χ0n) is 10.3. The second-order valence-corrected chi connectivity index (χ2v) is 5.72. The number of hydrogen-bond acceptors (Lipinski definition) is 5. The zero-order chi connectivity index (χ0) is 13.3. The number of rotatable bonds is 9. The molecule has 0 amide bonds. The van der Waals surface area contributed by atoms with Crippen LogP contribution in [0.4, 0.5) is 0 Å². The average Bonchev–Trinajstić information content (AvgIpc) is 2.26. The minimum atomic E-state index is -3.42. The van der Waals surface area contributed by atoms with E-state index < -0.39 is 22.1 Å². The molecule has 102 valence electrons. The SMILES string of the molecule is CCCC(O)CNS(=O)(=O)CCCC(=O)OC. The molecule has 0 aliphatic rings. The van der Waals surface area contributed by atoms with Crippen molar-refractivity contribution in [2.75, 3.05) is 19.4 Å². The van der Waals surface area contributed by atoms with Crippen molar-refractivity contribution < 1.29 is 23.1 Å². The summed E-state index contributed by atoms with van der Waals surface area (Å²) in [6.07, 6.45) is 0.992. The van der Waals surface area contributed by atoms with Crippen LogP contribution in [0.5, 0.6) is 0 Å². The minimum absolute atomic E-state index is 0.0222. The second-order valence-electron chi connectivity index (χ2n) is 3.79. The standard InChI is InChI=1S/C10H21NO5S/c1-3-5-9(12)8-11-17(14,15)7-4-6-10(13)16-2/h9,11-12H,3-8H2,1-2H3. The van der Waals surface area contributed by atoms with E-state index in [-0.39, 0.29) is 25.1 Å². The highest BCUT2D eigenvalue weighted by molar-refractivity contribution is 7.89. The molecule has 0 saturated heterocycles. The molecule has 0 aliphatic carbocycles. The molecule has 0 fully saturated rings. The molecule has 0 bridgehead atoms. The Morgan fingerprint density at radius 2 is 2.12 bits per heavy atom. The largest absolute Gasteiger partial charge is 0.469 e. The van der Waals surface area contributed by atoms with Crippen LogP contribution < -0.4 is 4.72 Å². The first kappa shape index (κ1) is 16.3. The highest BCUT2D eigenvalue weighted by Crippen LogP contribution is 1.99. The molecule has 7 heteroatoms. The maximum atomic E-state index is 11.4. The first-order valence-corrected chi connectivity index (χ1v) is 7.28. The number of methoxy groups -OCH3 is 1. The van der Waals surface area contributed by atoms with Gasteiger partial charge >= 0.3 is 5.97 Å². The molecule has 0 aromatic heterocycles. The van der Waals surface area contributed by atoms with Crippen LogP contribution in [0.1, 0.15) is 32.6 Å². The fourth-order valence-corrected chi connectivity index (χ4v) is 2.35. The van der Waals surface area contributed by atoms with Crippen molar-refractivity contribution in [3.05, 3.63) is 0 Å². The van der Waals surface area contributed by atoms with Gasteiger partial charge in [0.1, 0.15) is 0 Å². The lowest BCUT2D eigenvalue weighted by atomic mass is 10.2. The van der Waals surface area contributed by atoms with Crippen LogP contribution in [0.3, 0.4) is 0 Å². The number of nitrogens with one attached hydrogen (secondary N) is 1. The summed E-state index contributed by atoms with van der Waals surface area (Å²) in [6.45, 7) is 1.93. The maximum Gasteiger partial charge on any atom is 0.305 e. The molecule has 17 heavy (non-hydrogen) atoms. The van der Waals surface area contributed by atoms with Crippen LogP contribution in [-0.4, -0.2) is 45.0 Å². The first-order valence-electron chi connectivity index (χ1n) is 5.63. The van der Waals surface area contributed by atoms with Crippen molar-refractivity contribution in [3.63, 3.8) is 0 Å². The summed E-state index contributed by atoms with van der Waals surface area (Å²) in [5, 5.41) is 9.36. The van der Waals surface area contributed by atoms with E-state index in [0.29, 0.717) is 6.42 Å². The summed E-state index contributed by atoms with van der Waals surface area (Å²) < 4.78 is 29.6. The molecule has 0 aromatic carbocycles. The van der Waals surface area contributed by atoms with Gasteiger partial charge in [0.05, 0.1) is 19.0 Å². The summed E-state index contributed by atoms with van der Waals surface area (Å²) in [7, 11) is -2.16. The summed E-state index contributed by atoms with van der Waals surface area (Å²) in [4.78, 5) is 10.8. The third-order valence-corrected chi connectivity index (χ3v) is 3.62. The van der Waals surface area contributed by atoms with Crippen LogP contribution in [0.2, 0.25) is 0 Å². The summed E-state index contributed by atoms with van der Waals surface area (Å²) in [6, 6.07) is 0. The van der Waals surface area contributed by atoms with E-state index >= 15 is 0 Å². The molecule has 1 atom stereocenters. The van der Waals surface area contributed by atoms with E-state index in [0.717, 1.165) is 6.42 Å². The Kier molecular flexibility index (Phi) is 8.11. The number of ether oxygens (including phenoxy) is 1. The summed E-state index contributed by atoms with van der Waals surface area (Å²) in [5.41, 5.74) is 0. The molecule has 0 heterocycles. The van der Waals surface area contributed by atoms with Gasteiger partial charge in [-0.2, -0.15) is 0 Å². The van der Waals surface area contributed by atoms with E-state index in [2.05, 4.69) is 9.46 Å². The van der Waals surface area contributed by atoms with Gasteiger partial charge in [0, 0.05) is 13.0 Å². The third-order valence-electron chi connectivity index (χ3n) is 2.18. The van der Waals surface area contributed by atoms with Crippen LogP contribution in [0, 0.1) is 0 Å². The lowest BCUT2D eigenvalue weighted by Crippen LogP contribution is -2.33. The Balaban J connectivity index is 3.84. The smallest absolute Gasteiger partial charge is 0.305 e. The van der Waals surface area contributed by atoms with Crippen molar-refractivity contribution >= 4 is 16.0 Å². The molecule has 0 spiro atoms. The number of carbonyl (C=O) groups excluding carboxylic acids is 1. The van der Waals surface area contributed by atoms with Crippen molar-refractivity contribution in [2.24, 2.45) is 0 Å². The summed E-state index contributed by atoms with van der Waals surface area (Å²) in [5.74, 6) is -0.563. The highest BCUT2D eigenvalue weighted by atomic mass is 32.2. The van der Waals surface area contributed by atoms with E-state index in [9.17, 15) is 18.3 Å². The topological polar surface area (TPSA) is 92.7 Å². The predicted molar refractivity (Wildman–Crippen MR) is 64.0 cm³/mol. The van der Waals surface area contributed by atoms with Crippen LogP contribution >= 0.6 is 0 Å². The van der Waals surface area contributed by atoms with Gasteiger partial charge in [0.2, 0.25) is 10.0 Å². The van der Waals surface area contributed by atoms with Crippen molar-refractivity contribution in [2.45, 2.75) is 38.7 Å². The lowest BCUT2D eigenvalue weighted by molar-refractivity contribution is -0.140. The molecule has 0 saturated carbocycles. The van der Waals surface area contributed by atoms with Gasteiger partial charge in [-0.3, -0.25) is 4.79 Å². The molecule has 1 unspecified atom stereocenters. The average molecular weight is 267 g/mol. The molecule has 0 aliphatic heterocycles. The Morgan fingerprint density at radius 1 is 1.47 bits per heavy atom. The molecule has 0 aromatic rings. The number of aliphatic hydroxyl groups is 1. The van der Waals surface area contributed by atoms with Gasteiger partial charge in [-0.05, 0) is 12.8 Å². The Labute approximate surface area is 102 Å². The van der Waals surface area contributed by atoms with E-state index in [1.165, 1.54) is 7.11 Å². The zero-order valence-corrected chi connectivity index (χ0v) is 11.1. The monoisotopic (exact) mass is 267 g/mol. The van der Waals surface area contributed by atoms with Crippen molar-refractivity contribution in [3.8, 4) is 0 Å². The van der Waals surface area contributed by atoms with Gasteiger partial charge in [-0.25, -0.2) is 13.1 Å². The Hall–Kier alpha value is -0.660. The quantitative estimate of drug-likeness (QED) is 0.574. The Bertz CT molecular complexity index is 315. The van der Waals surface area contributed by atoms with Gasteiger partial charge in [0.25, 0.3) is 0 Å². The Morgan fingerprint density at radius 3 is 2.65 bits per heavy atom. The normalized spacial score (nSPS) is 13.4. The number of sulfonamides is 1. The number of carbonyl (C=O) groups is 1. The maximum absolute atomic E-state index is 11.4.